The number of methoxy groups -OCH3 is 1. The maximum Gasteiger partial charge on any atom is 0.173 e. The summed E-state index contributed by atoms with van der Waals surface area (Å²) < 4.78 is 13.2. The van der Waals surface area contributed by atoms with E-state index in [4.69, 9.17) is 19.5 Å². The highest BCUT2D eigenvalue weighted by molar-refractivity contribution is 9.11. The first-order valence-corrected chi connectivity index (χ1v) is 14.1. The Kier molecular flexibility index (Phi) is 9.90. The minimum Gasteiger partial charge on any atom is -0.493 e. The van der Waals surface area contributed by atoms with Crippen molar-refractivity contribution in [2.45, 2.75) is 33.1 Å². The van der Waals surface area contributed by atoms with Gasteiger partial charge in [-0.3, -0.25) is 5.43 Å². The lowest BCUT2D eigenvalue weighted by Crippen LogP contribution is -2.20. The summed E-state index contributed by atoms with van der Waals surface area (Å²) in [5.41, 5.74) is 7.39. The predicted molar refractivity (Wildman–Crippen MR) is 163 cm³/mol. The molecule has 0 aliphatic rings. The van der Waals surface area contributed by atoms with Crippen molar-refractivity contribution in [2.24, 2.45) is 10.1 Å². The van der Waals surface area contributed by atoms with Gasteiger partial charge in [-0.1, -0.05) is 44.0 Å². The van der Waals surface area contributed by atoms with Crippen LogP contribution in [-0.2, 0) is 0 Å². The highest BCUT2D eigenvalue weighted by Crippen LogP contribution is 2.35. The van der Waals surface area contributed by atoms with Crippen molar-refractivity contribution in [3.05, 3.63) is 92.5 Å². The smallest absolute Gasteiger partial charge is 0.173 e. The van der Waals surface area contributed by atoms with E-state index in [2.05, 4.69) is 49.3 Å². The number of aliphatic imine (C=N–C) groups is 1. The second kappa shape index (κ2) is 13.5. The van der Waals surface area contributed by atoms with Crippen LogP contribution in [0.25, 0.3) is 10.9 Å². The van der Waals surface area contributed by atoms with E-state index in [1.165, 1.54) is 0 Å². The monoisotopic (exact) mass is 636 g/mol. The number of amidine groups is 1. The van der Waals surface area contributed by atoms with E-state index < -0.39 is 0 Å². The summed E-state index contributed by atoms with van der Waals surface area (Å²) in [6.45, 7) is 4.88. The first kappa shape index (κ1) is 27.8. The van der Waals surface area contributed by atoms with Gasteiger partial charge in [-0.2, -0.15) is 5.10 Å². The molecule has 0 bridgehead atoms. The van der Waals surface area contributed by atoms with Crippen LogP contribution in [0.2, 0.25) is 0 Å². The number of pyridine rings is 1. The van der Waals surface area contributed by atoms with Crippen molar-refractivity contribution in [3.8, 4) is 11.5 Å². The number of benzene rings is 3. The second-order valence-corrected chi connectivity index (χ2v) is 10.5. The maximum atomic E-state index is 5.90. The van der Waals surface area contributed by atoms with Crippen LogP contribution in [0.15, 0.2) is 85.8 Å². The number of para-hydroxylation sites is 1. The SMILES string of the molecule is CCCCCOc1ccc(/C=N/NC(=Nc2c(Br)cc(C)cc2Br)c2ccc3ccccc3n2)cc1OC. The zero-order valence-corrected chi connectivity index (χ0v) is 24.8. The number of rotatable bonds is 10. The third-order valence-corrected chi connectivity index (χ3v) is 7.01. The third-order valence-electron chi connectivity index (χ3n) is 5.80. The number of unbranched alkanes of at least 4 members (excludes halogenated alkanes) is 2. The number of hydrazone groups is 1. The van der Waals surface area contributed by atoms with Gasteiger partial charge in [0, 0.05) is 14.3 Å². The van der Waals surface area contributed by atoms with Crippen LogP contribution >= 0.6 is 31.9 Å². The first-order valence-electron chi connectivity index (χ1n) is 12.5. The van der Waals surface area contributed by atoms with E-state index in [9.17, 15) is 0 Å². The molecular formula is C30H30Br2N4O2. The summed E-state index contributed by atoms with van der Waals surface area (Å²) in [7, 11) is 1.64. The van der Waals surface area contributed by atoms with Gasteiger partial charge in [-0.25, -0.2) is 9.98 Å². The van der Waals surface area contributed by atoms with E-state index in [0.717, 1.165) is 61.7 Å². The molecule has 0 saturated carbocycles. The number of nitrogens with one attached hydrogen (secondary N) is 1. The Morgan fingerprint density at radius 1 is 0.974 bits per heavy atom. The highest BCUT2D eigenvalue weighted by Gasteiger charge is 2.11. The quantitative estimate of drug-likeness (QED) is 0.0821. The third kappa shape index (κ3) is 7.20. The van der Waals surface area contributed by atoms with Crippen LogP contribution in [0.1, 0.15) is 43.0 Å². The second-order valence-electron chi connectivity index (χ2n) is 8.76. The average Bonchev–Trinajstić information content (AvgIpc) is 2.92. The zero-order chi connectivity index (χ0) is 26.9. The van der Waals surface area contributed by atoms with Crippen LogP contribution < -0.4 is 14.9 Å². The van der Waals surface area contributed by atoms with Crippen molar-refractivity contribution in [2.75, 3.05) is 13.7 Å². The Bertz CT molecular complexity index is 1450. The lowest BCUT2D eigenvalue weighted by Gasteiger charge is -2.11. The number of aromatic nitrogens is 1. The van der Waals surface area contributed by atoms with Gasteiger partial charge in [-0.05, 0) is 98.8 Å². The summed E-state index contributed by atoms with van der Waals surface area (Å²) in [6.07, 6.45) is 5.04. The molecule has 6 nitrogen and oxygen atoms in total. The fourth-order valence-corrected chi connectivity index (χ4v) is 5.43. The number of hydrogen-bond acceptors (Lipinski definition) is 5. The Morgan fingerprint density at radius 2 is 1.76 bits per heavy atom. The Morgan fingerprint density at radius 3 is 2.53 bits per heavy atom. The highest BCUT2D eigenvalue weighted by atomic mass is 79.9. The van der Waals surface area contributed by atoms with Gasteiger partial charge in [-0.15, -0.1) is 0 Å². The molecule has 0 atom stereocenters. The molecule has 0 aliphatic carbocycles. The fourth-order valence-electron chi connectivity index (χ4n) is 3.83. The molecule has 4 rings (SSSR count). The largest absolute Gasteiger partial charge is 0.493 e. The van der Waals surface area contributed by atoms with E-state index >= 15 is 0 Å². The van der Waals surface area contributed by atoms with Crippen molar-refractivity contribution >= 4 is 60.5 Å². The number of fused-ring (bicyclic) bond motifs is 1. The van der Waals surface area contributed by atoms with Crippen molar-refractivity contribution in [1.82, 2.24) is 10.4 Å². The number of hydrogen-bond donors (Lipinski definition) is 1. The molecule has 1 aromatic heterocycles. The summed E-state index contributed by atoms with van der Waals surface area (Å²) in [5, 5.41) is 5.55. The molecule has 1 N–H and O–H groups in total. The molecule has 0 spiro atoms. The van der Waals surface area contributed by atoms with Crippen LogP contribution in [0, 0.1) is 6.92 Å². The molecule has 0 radical (unpaired) electrons. The van der Waals surface area contributed by atoms with Crippen LogP contribution in [0.4, 0.5) is 5.69 Å². The molecule has 8 heteroatoms. The van der Waals surface area contributed by atoms with Crippen LogP contribution in [0.5, 0.6) is 11.5 Å². The van der Waals surface area contributed by atoms with Gasteiger partial charge in [0.05, 0.1) is 31.1 Å². The summed E-state index contributed by atoms with van der Waals surface area (Å²) in [6, 6.07) is 21.8. The number of aryl methyl sites for hydroxylation is 1. The van der Waals surface area contributed by atoms with Gasteiger partial charge in [0.2, 0.25) is 0 Å². The fraction of sp³-hybridized carbons (Fsp3) is 0.233. The van der Waals surface area contributed by atoms with E-state index in [0.29, 0.717) is 23.9 Å². The van der Waals surface area contributed by atoms with Crippen molar-refractivity contribution in [3.63, 3.8) is 0 Å². The molecule has 0 aliphatic heterocycles. The number of ether oxygens (including phenoxy) is 2. The van der Waals surface area contributed by atoms with Crippen LogP contribution in [0.3, 0.4) is 0 Å². The molecular weight excluding hydrogens is 608 g/mol. The molecule has 0 unspecified atom stereocenters. The normalized spacial score (nSPS) is 11.8. The summed E-state index contributed by atoms with van der Waals surface area (Å²) in [5.74, 6) is 1.91. The summed E-state index contributed by atoms with van der Waals surface area (Å²) >= 11 is 7.29. The minimum atomic E-state index is 0.514. The van der Waals surface area contributed by atoms with Gasteiger partial charge in [0.15, 0.2) is 17.3 Å². The number of nitrogens with zero attached hydrogens (tertiary/aromatic N) is 3. The number of halogens is 2. The van der Waals surface area contributed by atoms with Crippen molar-refractivity contribution in [1.29, 1.82) is 0 Å². The van der Waals surface area contributed by atoms with Gasteiger partial charge < -0.3 is 9.47 Å². The molecule has 0 saturated heterocycles. The zero-order valence-electron chi connectivity index (χ0n) is 21.7. The van der Waals surface area contributed by atoms with E-state index in [1.807, 2.05) is 73.7 Å². The molecule has 3 aromatic carbocycles. The molecule has 196 valence electrons. The molecule has 0 fully saturated rings. The molecule has 1 heterocycles. The van der Waals surface area contributed by atoms with Gasteiger partial charge in [0.25, 0.3) is 0 Å². The summed E-state index contributed by atoms with van der Waals surface area (Å²) in [4.78, 5) is 9.72. The van der Waals surface area contributed by atoms with Crippen LogP contribution in [-0.4, -0.2) is 30.8 Å². The topological polar surface area (TPSA) is 68.1 Å². The lowest BCUT2D eigenvalue weighted by molar-refractivity contribution is 0.286. The van der Waals surface area contributed by atoms with E-state index in [-0.39, 0.29) is 0 Å². The Labute approximate surface area is 240 Å². The standard InChI is InChI=1S/C30H30Br2N4O2/c1-4-5-8-15-38-27-14-11-21(18-28(27)37-3)19-33-36-30(35-29-23(31)16-20(2)17-24(29)32)26-13-12-22-9-6-7-10-25(22)34-26/h6-7,9-14,16-19H,4-5,8,15H2,1-3H3,(H,35,36)/b33-19+. The minimum absolute atomic E-state index is 0.514. The van der Waals surface area contributed by atoms with E-state index in [1.54, 1.807) is 13.3 Å². The lowest BCUT2D eigenvalue weighted by atomic mass is 10.2. The molecule has 4 aromatic rings. The maximum absolute atomic E-state index is 5.90. The van der Waals surface area contributed by atoms with Crippen molar-refractivity contribution < 1.29 is 9.47 Å². The Balaban J connectivity index is 1.62. The predicted octanol–water partition coefficient (Wildman–Crippen LogP) is 8.35. The average molecular weight is 638 g/mol. The van der Waals surface area contributed by atoms with Gasteiger partial charge >= 0.3 is 0 Å². The molecule has 38 heavy (non-hydrogen) atoms. The Hall–Kier alpha value is -3.23. The first-order chi connectivity index (χ1) is 18.5. The van der Waals surface area contributed by atoms with Gasteiger partial charge in [0.1, 0.15) is 5.69 Å². The molecule has 0 amide bonds.